The molecule has 158 valence electrons. The highest BCUT2D eigenvalue weighted by atomic mass is 35.5. The molecule has 0 unspecified atom stereocenters. The summed E-state index contributed by atoms with van der Waals surface area (Å²) in [4.78, 5) is 14.6. The van der Waals surface area contributed by atoms with Gasteiger partial charge in [0.1, 0.15) is 6.61 Å². The Balaban J connectivity index is 1.22. The summed E-state index contributed by atoms with van der Waals surface area (Å²) < 4.78 is 5.80. The Morgan fingerprint density at radius 3 is 2.16 bits per heavy atom. The molecule has 4 nitrogen and oxygen atoms in total. The summed E-state index contributed by atoms with van der Waals surface area (Å²) in [6.07, 6.45) is 1.51. The van der Waals surface area contributed by atoms with Gasteiger partial charge in [-0.05, 0) is 58.7 Å². The lowest BCUT2D eigenvalue weighted by Crippen LogP contribution is -2.38. The van der Waals surface area contributed by atoms with Crippen LogP contribution in [0.2, 0.25) is 5.02 Å². The molecule has 5 heteroatoms. The van der Waals surface area contributed by atoms with Crippen molar-refractivity contribution in [3.05, 3.63) is 88.4 Å². The number of likely N-dealkylation sites (tertiary alicyclic amines) is 1. The number of piperidine rings is 1. The van der Waals surface area contributed by atoms with E-state index in [0.29, 0.717) is 36.3 Å². The number of hydrogen-bond acceptors (Lipinski definition) is 3. The van der Waals surface area contributed by atoms with Crippen LogP contribution in [0.4, 0.5) is 10.5 Å². The van der Waals surface area contributed by atoms with Crippen molar-refractivity contribution in [2.45, 2.75) is 24.7 Å². The van der Waals surface area contributed by atoms with Gasteiger partial charge in [0.2, 0.25) is 0 Å². The van der Waals surface area contributed by atoms with Crippen molar-refractivity contribution in [3.8, 4) is 11.1 Å². The molecule has 0 spiro atoms. The predicted octanol–water partition coefficient (Wildman–Crippen LogP) is 6.05. The van der Waals surface area contributed by atoms with Gasteiger partial charge in [0.05, 0.1) is 0 Å². The zero-order valence-corrected chi connectivity index (χ0v) is 18.0. The second-order valence-corrected chi connectivity index (χ2v) is 8.75. The van der Waals surface area contributed by atoms with Crippen LogP contribution in [0.25, 0.3) is 11.1 Å². The van der Waals surface area contributed by atoms with Crippen molar-refractivity contribution in [2.75, 3.05) is 25.4 Å². The first-order valence-electron chi connectivity index (χ1n) is 10.8. The van der Waals surface area contributed by atoms with Crippen LogP contribution in [-0.4, -0.2) is 30.7 Å². The van der Waals surface area contributed by atoms with E-state index in [9.17, 15) is 4.79 Å². The topological polar surface area (TPSA) is 55.6 Å². The fraction of sp³-hybridized carbons (Fsp3) is 0.269. The Morgan fingerprint density at radius 1 is 0.935 bits per heavy atom. The molecule has 0 radical (unpaired) electrons. The fourth-order valence-electron chi connectivity index (χ4n) is 4.93. The number of amides is 1. The molecule has 2 aliphatic rings. The summed E-state index contributed by atoms with van der Waals surface area (Å²) in [6, 6.07) is 22.5. The van der Waals surface area contributed by atoms with E-state index in [-0.39, 0.29) is 12.0 Å². The van der Waals surface area contributed by atoms with Crippen LogP contribution in [-0.2, 0) is 4.74 Å². The number of nitrogen functional groups attached to an aromatic ring is 1. The summed E-state index contributed by atoms with van der Waals surface area (Å²) in [5.74, 6) is 0.424. The molecular formula is C26H25ClN2O2. The molecule has 2 N–H and O–H groups in total. The molecular weight excluding hydrogens is 408 g/mol. The SMILES string of the molecule is Nc1ccc(C2CCN(C(=O)OCC3c4ccccc4-c4ccccc43)CC2)c(Cl)c1. The van der Waals surface area contributed by atoms with Gasteiger partial charge >= 0.3 is 6.09 Å². The van der Waals surface area contributed by atoms with E-state index in [0.717, 1.165) is 18.4 Å². The fourth-order valence-corrected chi connectivity index (χ4v) is 5.28. The zero-order chi connectivity index (χ0) is 21.4. The first-order chi connectivity index (χ1) is 15.1. The van der Waals surface area contributed by atoms with Crippen LogP contribution in [0.15, 0.2) is 66.7 Å². The summed E-state index contributed by atoms with van der Waals surface area (Å²) in [5, 5.41) is 0.708. The largest absolute Gasteiger partial charge is 0.448 e. The molecule has 3 aromatic carbocycles. The number of anilines is 1. The first-order valence-corrected chi connectivity index (χ1v) is 11.1. The van der Waals surface area contributed by atoms with E-state index in [1.165, 1.54) is 22.3 Å². The molecule has 0 atom stereocenters. The van der Waals surface area contributed by atoms with E-state index in [4.69, 9.17) is 22.1 Å². The van der Waals surface area contributed by atoms with Crippen molar-refractivity contribution in [2.24, 2.45) is 0 Å². The van der Waals surface area contributed by atoms with E-state index in [1.54, 1.807) is 6.07 Å². The maximum absolute atomic E-state index is 12.8. The minimum Gasteiger partial charge on any atom is -0.448 e. The van der Waals surface area contributed by atoms with Crippen molar-refractivity contribution >= 4 is 23.4 Å². The Kier molecular flexibility index (Phi) is 5.33. The van der Waals surface area contributed by atoms with Crippen LogP contribution in [0.1, 0.15) is 41.4 Å². The van der Waals surface area contributed by atoms with Crippen molar-refractivity contribution in [1.82, 2.24) is 4.90 Å². The number of nitrogens with zero attached hydrogens (tertiary/aromatic N) is 1. The Hall–Kier alpha value is -2.98. The van der Waals surface area contributed by atoms with E-state index in [1.807, 2.05) is 29.2 Å². The monoisotopic (exact) mass is 432 g/mol. The lowest BCUT2D eigenvalue weighted by Gasteiger charge is -2.32. The van der Waals surface area contributed by atoms with Crippen LogP contribution in [0, 0.1) is 0 Å². The molecule has 1 saturated heterocycles. The molecule has 1 aliphatic carbocycles. The van der Waals surface area contributed by atoms with Gasteiger partial charge in [-0.15, -0.1) is 0 Å². The van der Waals surface area contributed by atoms with Gasteiger partial charge in [0.15, 0.2) is 0 Å². The van der Waals surface area contributed by atoms with Gasteiger partial charge in [-0.25, -0.2) is 4.79 Å². The molecule has 3 aromatic rings. The number of nitrogens with two attached hydrogens (primary N) is 1. The smallest absolute Gasteiger partial charge is 0.409 e. The van der Waals surface area contributed by atoms with Gasteiger partial charge < -0.3 is 15.4 Å². The molecule has 0 bridgehead atoms. The van der Waals surface area contributed by atoms with Crippen molar-refractivity contribution < 1.29 is 9.53 Å². The number of carbonyl (C=O) groups excluding carboxylic acids is 1. The number of carbonyl (C=O) groups is 1. The van der Waals surface area contributed by atoms with Crippen molar-refractivity contribution in [3.63, 3.8) is 0 Å². The van der Waals surface area contributed by atoms with Crippen LogP contribution in [0.3, 0.4) is 0 Å². The van der Waals surface area contributed by atoms with Crippen LogP contribution >= 0.6 is 11.6 Å². The lowest BCUT2D eigenvalue weighted by atomic mass is 9.89. The third-order valence-corrected chi connectivity index (χ3v) is 6.88. The quantitative estimate of drug-likeness (QED) is 0.512. The second kappa shape index (κ2) is 8.27. The molecule has 31 heavy (non-hydrogen) atoms. The number of benzene rings is 3. The molecule has 1 aliphatic heterocycles. The van der Waals surface area contributed by atoms with E-state index in [2.05, 4.69) is 36.4 Å². The van der Waals surface area contributed by atoms with Gasteiger partial charge in [-0.2, -0.15) is 0 Å². The normalized spacial score (nSPS) is 16.1. The summed E-state index contributed by atoms with van der Waals surface area (Å²) >= 11 is 6.38. The van der Waals surface area contributed by atoms with Gasteiger partial charge in [0, 0.05) is 29.7 Å². The molecule has 1 fully saturated rings. The third kappa shape index (κ3) is 3.77. The molecule has 1 amide bonds. The number of hydrogen-bond donors (Lipinski definition) is 1. The van der Waals surface area contributed by atoms with Crippen molar-refractivity contribution in [1.29, 1.82) is 0 Å². The predicted molar refractivity (Wildman–Crippen MR) is 124 cm³/mol. The summed E-state index contributed by atoms with van der Waals surface area (Å²) in [5.41, 5.74) is 12.5. The minimum atomic E-state index is -0.233. The molecule has 1 heterocycles. The Bertz CT molecular complexity index is 1080. The average molecular weight is 433 g/mol. The standard InChI is InChI=1S/C26H25ClN2O2/c27-25-15-18(28)9-10-19(25)17-11-13-29(14-12-17)26(30)31-16-24-22-7-3-1-5-20(22)21-6-2-4-8-23(21)24/h1-10,15,17,24H,11-14,16,28H2. The first kappa shape index (κ1) is 20.0. The van der Waals surface area contributed by atoms with E-state index >= 15 is 0 Å². The number of fused-ring (bicyclic) bond motifs is 3. The van der Waals surface area contributed by atoms with Gasteiger partial charge in [-0.3, -0.25) is 0 Å². The summed E-state index contributed by atoms with van der Waals surface area (Å²) in [7, 11) is 0. The Morgan fingerprint density at radius 2 is 1.55 bits per heavy atom. The zero-order valence-electron chi connectivity index (χ0n) is 17.3. The van der Waals surface area contributed by atoms with Gasteiger partial charge in [0.25, 0.3) is 0 Å². The highest BCUT2D eigenvalue weighted by Crippen LogP contribution is 2.44. The molecule has 0 aromatic heterocycles. The third-order valence-electron chi connectivity index (χ3n) is 6.55. The second-order valence-electron chi connectivity index (χ2n) is 8.35. The Labute approximate surface area is 187 Å². The number of ether oxygens (including phenoxy) is 1. The number of rotatable bonds is 3. The van der Waals surface area contributed by atoms with Crippen LogP contribution < -0.4 is 5.73 Å². The lowest BCUT2D eigenvalue weighted by molar-refractivity contribution is 0.0904. The number of halogens is 1. The highest BCUT2D eigenvalue weighted by Gasteiger charge is 2.31. The highest BCUT2D eigenvalue weighted by molar-refractivity contribution is 6.31. The average Bonchev–Trinajstić information content (AvgIpc) is 3.11. The van der Waals surface area contributed by atoms with E-state index < -0.39 is 0 Å². The van der Waals surface area contributed by atoms with Gasteiger partial charge in [-0.1, -0.05) is 66.2 Å². The maximum atomic E-state index is 12.8. The summed E-state index contributed by atoms with van der Waals surface area (Å²) in [6.45, 7) is 1.70. The maximum Gasteiger partial charge on any atom is 0.409 e. The molecule has 0 saturated carbocycles. The van der Waals surface area contributed by atoms with Crippen LogP contribution in [0.5, 0.6) is 0 Å². The minimum absolute atomic E-state index is 0.0856. The molecule has 5 rings (SSSR count).